The number of hydrogen-bond donors (Lipinski definition) is 2. The SMILES string of the molecule is CC(O)(C=CC1CCC(=O)C1CCCCCCCO)COc1ccccc1. The summed E-state index contributed by atoms with van der Waals surface area (Å²) in [6.45, 7) is 2.19. The first kappa shape index (κ1) is 21.6. The van der Waals surface area contributed by atoms with Gasteiger partial charge in [0.25, 0.3) is 0 Å². The van der Waals surface area contributed by atoms with Gasteiger partial charge < -0.3 is 14.9 Å². The van der Waals surface area contributed by atoms with Gasteiger partial charge in [0, 0.05) is 18.9 Å². The van der Waals surface area contributed by atoms with Crippen LogP contribution in [0.5, 0.6) is 5.75 Å². The Morgan fingerprint density at radius 3 is 2.59 bits per heavy atom. The minimum Gasteiger partial charge on any atom is -0.490 e. The lowest BCUT2D eigenvalue weighted by atomic mass is 9.88. The highest BCUT2D eigenvalue weighted by Gasteiger charge is 2.33. The predicted octanol–water partition coefficient (Wildman–Crippen LogP) is 4.30. The lowest BCUT2D eigenvalue weighted by molar-refractivity contribution is -0.121. The first-order valence-corrected chi connectivity index (χ1v) is 10.2. The van der Waals surface area contributed by atoms with Crippen molar-refractivity contribution in [3.05, 3.63) is 42.5 Å². The number of rotatable bonds is 12. The molecule has 1 aromatic rings. The fourth-order valence-corrected chi connectivity index (χ4v) is 3.67. The molecule has 1 fully saturated rings. The standard InChI is InChI=1S/C23H34O4/c1-23(26,18-27-20-10-6-5-7-11-20)16-15-19-13-14-22(25)21(19)12-8-3-2-4-9-17-24/h5-7,10-11,15-16,19,21,24,26H,2-4,8-9,12-14,17-18H2,1H3. The van der Waals surface area contributed by atoms with Crippen LogP contribution in [-0.2, 0) is 4.79 Å². The summed E-state index contributed by atoms with van der Waals surface area (Å²) < 4.78 is 5.66. The first-order valence-electron chi connectivity index (χ1n) is 10.2. The van der Waals surface area contributed by atoms with Crippen LogP contribution >= 0.6 is 0 Å². The molecule has 0 radical (unpaired) electrons. The third kappa shape index (κ3) is 7.86. The Bertz CT molecular complexity index is 579. The van der Waals surface area contributed by atoms with Crippen molar-refractivity contribution in [3.8, 4) is 5.75 Å². The summed E-state index contributed by atoms with van der Waals surface area (Å²) >= 11 is 0. The van der Waals surface area contributed by atoms with E-state index in [0.717, 1.165) is 50.7 Å². The second-order valence-electron chi connectivity index (χ2n) is 7.87. The lowest BCUT2D eigenvalue weighted by Gasteiger charge is -2.21. The number of allylic oxidation sites excluding steroid dienone is 1. The molecule has 4 heteroatoms. The maximum atomic E-state index is 12.2. The summed E-state index contributed by atoms with van der Waals surface area (Å²) in [7, 11) is 0. The molecule has 1 saturated carbocycles. The second kappa shape index (κ2) is 11.3. The molecule has 27 heavy (non-hydrogen) atoms. The highest BCUT2D eigenvalue weighted by atomic mass is 16.5. The minimum atomic E-state index is -1.06. The Labute approximate surface area is 163 Å². The van der Waals surface area contributed by atoms with E-state index in [1.54, 1.807) is 13.0 Å². The molecular formula is C23H34O4. The predicted molar refractivity (Wildman–Crippen MR) is 108 cm³/mol. The second-order valence-corrected chi connectivity index (χ2v) is 7.87. The van der Waals surface area contributed by atoms with Crippen molar-refractivity contribution in [2.75, 3.05) is 13.2 Å². The molecule has 1 aliphatic rings. The van der Waals surface area contributed by atoms with E-state index < -0.39 is 5.60 Å². The summed E-state index contributed by atoms with van der Waals surface area (Å²) in [6, 6.07) is 9.46. The molecule has 2 N–H and O–H groups in total. The Morgan fingerprint density at radius 1 is 1.15 bits per heavy atom. The number of carbonyl (C=O) groups is 1. The third-order valence-corrected chi connectivity index (χ3v) is 5.30. The monoisotopic (exact) mass is 374 g/mol. The highest BCUT2D eigenvalue weighted by molar-refractivity contribution is 5.83. The molecule has 3 unspecified atom stereocenters. The number of aliphatic hydroxyl groups is 2. The molecule has 4 nitrogen and oxygen atoms in total. The van der Waals surface area contributed by atoms with Gasteiger partial charge in [-0.2, -0.15) is 0 Å². The smallest absolute Gasteiger partial charge is 0.136 e. The number of hydrogen-bond acceptors (Lipinski definition) is 4. The van der Waals surface area contributed by atoms with Gasteiger partial charge in [0.05, 0.1) is 0 Å². The van der Waals surface area contributed by atoms with Gasteiger partial charge >= 0.3 is 0 Å². The van der Waals surface area contributed by atoms with Crippen molar-refractivity contribution in [1.82, 2.24) is 0 Å². The summed E-state index contributed by atoms with van der Waals surface area (Å²) in [5.41, 5.74) is -1.06. The summed E-state index contributed by atoms with van der Waals surface area (Å²) in [5.74, 6) is 1.41. The van der Waals surface area contributed by atoms with E-state index in [-0.39, 0.29) is 25.0 Å². The van der Waals surface area contributed by atoms with Gasteiger partial charge in [-0.25, -0.2) is 0 Å². The number of unbranched alkanes of at least 4 members (excludes halogenated alkanes) is 4. The molecule has 150 valence electrons. The van der Waals surface area contributed by atoms with E-state index in [1.807, 2.05) is 36.4 Å². The number of carbonyl (C=O) groups excluding carboxylic acids is 1. The Hall–Kier alpha value is -1.65. The van der Waals surface area contributed by atoms with Gasteiger partial charge in [0.15, 0.2) is 0 Å². The third-order valence-electron chi connectivity index (χ3n) is 5.30. The number of para-hydroxylation sites is 1. The Kier molecular flexibility index (Phi) is 9.02. The fourth-order valence-electron chi connectivity index (χ4n) is 3.67. The summed E-state index contributed by atoms with van der Waals surface area (Å²) in [5, 5.41) is 19.4. The van der Waals surface area contributed by atoms with Gasteiger partial charge in [0.2, 0.25) is 0 Å². The highest BCUT2D eigenvalue weighted by Crippen LogP contribution is 2.34. The average molecular weight is 375 g/mol. The van der Waals surface area contributed by atoms with E-state index in [1.165, 1.54) is 0 Å². The number of ketones is 1. The molecule has 0 aromatic heterocycles. The molecule has 3 atom stereocenters. The lowest BCUT2D eigenvalue weighted by Crippen LogP contribution is -2.30. The van der Waals surface area contributed by atoms with Crippen LogP contribution in [0.2, 0.25) is 0 Å². The van der Waals surface area contributed by atoms with Crippen molar-refractivity contribution >= 4 is 5.78 Å². The largest absolute Gasteiger partial charge is 0.490 e. The van der Waals surface area contributed by atoms with Crippen molar-refractivity contribution < 1.29 is 19.7 Å². The maximum absolute atomic E-state index is 12.2. The number of ether oxygens (including phenoxy) is 1. The summed E-state index contributed by atoms with van der Waals surface area (Å²) in [6.07, 6.45) is 11.5. The van der Waals surface area contributed by atoms with Crippen molar-refractivity contribution in [1.29, 1.82) is 0 Å². The van der Waals surface area contributed by atoms with E-state index in [0.29, 0.717) is 12.2 Å². The zero-order chi connectivity index (χ0) is 19.5. The van der Waals surface area contributed by atoms with Gasteiger partial charge in [-0.15, -0.1) is 0 Å². The van der Waals surface area contributed by atoms with Gasteiger partial charge in [-0.3, -0.25) is 4.79 Å². The van der Waals surface area contributed by atoms with Crippen LogP contribution in [0.4, 0.5) is 0 Å². The van der Waals surface area contributed by atoms with Crippen LogP contribution < -0.4 is 4.74 Å². The Morgan fingerprint density at radius 2 is 1.85 bits per heavy atom. The maximum Gasteiger partial charge on any atom is 0.136 e. The molecule has 0 amide bonds. The molecular weight excluding hydrogens is 340 g/mol. The molecule has 0 aliphatic heterocycles. The van der Waals surface area contributed by atoms with Crippen molar-refractivity contribution in [2.24, 2.45) is 11.8 Å². The first-order chi connectivity index (χ1) is 13.0. The Balaban J connectivity index is 1.79. The van der Waals surface area contributed by atoms with Crippen LogP contribution in [0.15, 0.2) is 42.5 Å². The van der Waals surface area contributed by atoms with Gasteiger partial charge in [-0.1, -0.05) is 56.0 Å². The number of Topliss-reactive ketones (excluding diaryl/α,β-unsaturated/α-hetero) is 1. The molecule has 0 saturated heterocycles. The molecule has 1 aliphatic carbocycles. The van der Waals surface area contributed by atoms with E-state index in [9.17, 15) is 9.90 Å². The van der Waals surface area contributed by atoms with Crippen LogP contribution in [0, 0.1) is 11.8 Å². The van der Waals surface area contributed by atoms with Crippen molar-refractivity contribution in [2.45, 2.75) is 63.9 Å². The molecule has 1 aromatic carbocycles. The van der Waals surface area contributed by atoms with Crippen LogP contribution in [-0.4, -0.2) is 34.8 Å². The zero-order valence-corrected chi connectivity index (χ0v) is 16.5. The normalized spacial score (nSPS) is 22.3. The molecule has 0 spiro atoms. The molecule has 0 bridgehead atoms. The molecule has 0 heterocycles. The average Bonchev–Trinajstić information content (AvgIpc) is 3.02. The molecule has 2 rings (SSSR count). The van der Waals surface area contributed by atoms with E-state index in [2.05, 4.69) is 0 Å². The van der Waals surface area contributed by atoms with Crippen LogP contribution in [0.1, 0.15) is 58.3 Å². The van der Waals surface area contributed by atoms with Gasteiger partial charge in [-0.05, 0) is 44.2 Å². The number of benzene rings is 1. The van der Waals surface area contributed by atoms with Crippen LogP contribution in [0.3, 0.4) is 0 Å². The van der Waals surface area contributed by atoms with Gasteiger partial charge in [0.1, 0.15) is 23.7 Å². The van der Waals surface area contributed by atoms with Crippen LogP contribution in [0.25, 0.3) is 0 Å². The van der Waals surface area contributed by atoms with E-state index in [4.69, 9.17) is 9.84 Å². The summed E-state index contributed by atoms with van der Waals surface area (Å²) in [4.78, 5) is 12.2. The number of aliphatic hydroxyl groups excluding tert-OH is 1. The zero-order valence-electron chi connectivity index (χ0n) is 16.5. The van der Waals surface area contributed by atoms with E-state index >= 15 is 0 Å². The fraction of sp³-hybridized carbons (Fsp3) is 0.609. The minimum absolute atomic E-state index is 0.0879. The van der Waals surface area contributed by atoms with Crippen molar-refractivity contribution in [3.63, 3.8) is 0 Å². The topological polar surface area (TPSA) is 66.8 Å². The quantitative estimate of drug-likeness (QED) is 0.423.